The van der Waals surface area contributed by atoms with E-state index >= 15 is 4.39 Å². The number of anilines is 1. The van der Waals surface area contributed by atoms with Gasteiger partial charge in [0, 0.05) is 49.1 Å². The molecule has 2 aromatic carbocycles. The lowest BCUT2D eigenvalue weighted by Gasteiger charge is -2.35. The van der Waals surface area contributed by atoms with E-state index in [2.05, 4.69) is 22.6 Å². The molecule has 0 spiro atoms. The first-order valence-corrected chi connectivity index (χ1v) is 10.5. The molecule has 30 heavy (non-hydrogen) atoms. The Balaban J connectivity index is 1.71. The highest BCUT2D eigenvalue weighted by Gasteiger charge is 2.25. The molecule has 0 bridgehead atoms. The van der Waals surface area contributed by atoms with E-state index in [1.54, 1.807) is 17.0 Å². The fraction of sp³-hybridized carbons (Fsp3) is 0.286. The number of rotatable bonds is 4. The lowest BCUT2D eigenvalue weighted by molar-refractivity contribution is -0.131. The molecule has 0 radical (unpaired) electrons. The number of carbonyl (C=O) groups is 1. The van der Waals surface area contributed by atoms with Gasteiger partial charge in [0.25, 0.3) is 0 Å². The van der Waals surface area contributed by atoms with Crippen LogP contribution in [0.5, 0.6) is 0 Å². The lowest BCUT2D eigenvalue weighted by atomic mass is 10.0. The fourth-order valence-corrected chi connectivity index (χ4v) is 4.19. The summed E-state index contributed by atoms with van der Waals surface area (Å²) < 4.78 is 29.6. The van der Waals surface area contributed by atoms with Gasteiger partial charge in [-0.25, -0.2) is 18.7 Å². The molecular formula is C21H19ClF2N4OS. The van der Waals surface area contributed by atoms with Crippen LogP contribution >= 0.6 is 24.2 Å². The van der Waals surface area contributed by atoms with Crippen molar-refractivity contribution >= 4 is 46.9 Å². The number of fused-ring (bicyclic) bond motifs is 1. The molecule has 1 fully saturated rings. The number of piperazine rings is 1. The van der Waals surface area contributed by atoms with Gasteiger partial charge in [-0.1, -0.05) is 29.8 Å². The number of hydrogen-bond donors (Lipinski definition) is 1. The van der Waals surface area contributed by atoms with E-state index in [1.807, 2.05) is 4.90 Å². The molecule has 3 aromatic rings. The monoisotopic (exact) mass is 448 g/mol. The highest BCUT2D eigenvalue weighted by Crippen LogP contribution is 2.38. The van der Waals surface area contributed by atoms with Gasteiger partial charge < -0.3 is 9.80 Å². The zero-order valence-electron chi connectivity index (χ0n) is 16.0. The Labute approximate surface area is 183 Å². The fourth-order valence-electron chi connectivity index (χ4n) is 3.70. The van der Waals surface area contributed by atoms with Gasteiger partial charge >= 0.3 is 0 Å². The van der Waals surface area contributed by atoms with Crippen LogP contribution in [0, 0.1) is 11.6 Å². The largest absolute Gasteiger partial charge is 0.352 e. The van der Waals surface area contributed by atoms with Gasteiger partial charge in [0.15, 0.2) is 5.82 Å². The summed E-state index contributed by atoms with van der Waals surface area (Å²) in [6.45, 7) is 2.20. The van der Waals surface area contributed by atoms with Gasteiger partial charge in [-0.3, -0.25) is 4.79 Å². The zero-order valence-corrected chi connectivity index (χ0v) is 17.6. The van der Waals surface area contributed by atoms with Gasteiger partial charge in [-0.05, 0) is 17.9 Å². The molecule has 4 rings (SSSR count). The van der Waals surface area contributed by atoms with Crippen molar-refractivity contribution in [3.05, 3.63) is 53.3 Å². The van der Waals surface area contributed by atoms with Crippen molar-refractivity contribution in [2.24, 2.45) is 0 Å². The number of benzene rings is 2. The third kappa shape index (κ3) is 3.81. The maximum Gasteiger partial charge on any atom is 0.223 e. The van der Waals surface area contributed by atoms with Crippen LogP contribution in [0.15, 0.2) is 36.7 Å². The normalized spacial score (nSPS) is 14.4. The number of hydrogen-bond acceptors (Lipinski definition) is 5. The lowest BCUT2D eigenvalue weighted by Crippen LogP contribution is -2.49. The Morgan fingerprint density at radius 3 is 2.57 bits per heavy atom. The molecule has 9 heteroatoms. The van der Waals surface area contributed by atoms with Gasteiger partial charge in [-0.15, -0.1) is 0 Å². The van der Waals surface area contributed by atoms with E-state index in [0.717, 1.165) is 0 Å². The van der Waals surface area contributed by atoms with Crippen LogP contribution in [0.1, 0.15) is 6.42 Å². The number of amides is 1. The molecule has 0 atom stereocenters. The summed E-state index contributed by atoms with van der Waals surface area (Å²) in [6.07, 6.45) is 1.69. The number of halogens is 3. The quantitative estimate of drug-likeness (QED) is 0.608. The Hall–Kier alpha value is -2.45. The molecule has 1 amide bonds. The third-order valence-electron chi connectivity index (χ3n) is 5.20. The Kier molecular flexibility index (Phi) is 6.06. The molecule has 2 heterocycles. The minimum absolute atomic E-state index is 0.0194. The summed E-state index contributed by atoms with van der Waals surface area (Å²) in [4.78, 5) is 24.3. The second-order valence-corrected chi connectivity index (χ2v) is 7.82. The zero-order chi connectivity index (χ0) is 21.3. The maximum atomic E-state index is 15.4. The van der Waals surface area contributed by atoms with E-state index in [-0.39, 0.29) is 27.6 Å². The van der Waals surface area contributed by atoms with E-state index in [0.29, 0.717) is 49.6 Å². The summed E-state index contributed by atoms with van der Waals surface area (Å²) in [5, 5.41) is 0.541. The standard InChI is InChI=1S/C21H19ClF2N4OS/c22-15-11-14-20(19(24)18(15)13-3-1-2-4-16(13)23)25-12-26-21(14)28-8-6-27(7-9-28)17(29)5-10-30/h1-4,11-12,30H,5-10H2. The van der Waals surface area contributed by atoms with Crippen molar-refractivity contribution in [1.29, 1.82) is 0 Å². The van der Waals surface area contributed by atoms with Crippen molar-refractivity contribution in [3.8, 4) is 11.1 Å². The molecule has 5 nitrogen and oxygen atoms in total. The first kappa shape index (κ1) is 20.8. The van der Waals surface area contributed by atoms with E-state index in [1.165, 1.54) is 24.5 Å². The topological polar surface area (TPSA) is 49.3 Å². The van der Waals surface area contributed by atoms with Crippen LogP contribution in [0.25, 0.3) is 22.0 Å². The van der Waals surface area contributed by atoms with Gasteiger partial charge in [0.05, 0.1) is 5.02 Å². The minimum atomic E-state index is -0.686. The molecule has 156 valence electrons. The molecule has 0 aliphatic carbocycles. The van der Waals surface area contributed by atoms with E-state index in [4.69, 9.17) is 11.6 Å². The van der Waals surface area contributed by atoms with Crippen LogP contribution in [0.3, 0.4) is 0 Å². The Morgan fingerprint density at radius 1 is 1.13 bits per heavy atom. The smallest absolute Gasteiger partial charge is 0.223 e. The molecule has 0 unspecified atom stereocenters. The second-order valence-electron chi connectivity index (χ2n) is 6.96. The van der Waals surface area contributed by atoms with Crippen LogP contribution in [0.4, 0.5) is 14.6 Å². The first-order chi connectivity index (χ1) is 14.5. The molecule has 1 saturated heterocycles. The van der Waals surface area contributed by atoms with Crippen molar-refractivity contribution < 1.29 is 13.6 Å². The Bertz CT molecular complexity index is 1110. The number of carbonyl (C=O) groups excluding carboxylic acids is 1. The van der Waals surface area contributed by atoms with E-state index in [9.17, 15) is 9.18 Å². The van der Waals surface area contributed by atoms with Crippen molar-refractivity contribution in [2.45, 2.75) is 6.42 Å². The molecule has 1 aliphatic rings. The SMILES string of the molecule is O=C(CCS)N1CCN(c2ncnc3c(F)c(-c4ccccc4F)c(Cl)cc23)CC1. The molecule has 1 aliphatic heterocycles. The minimum Gasteiger partial charge on any atom is -0.352 e. The summed E-state index contributed by atoms with van der Waals surface area (Å²) in [7, 11) is 0. The first-order valence-electron chi connectivity index (χ1n) is 9.52. The van der Waals surface area contributed by atoms with Gasteiger partial charge in [0.2, 0.25) is 5.91 Å². The number of nitrogens with zero attached hydrogens (tertiary/aromatic N) is 4. The maximum absolute atomic E-state index is 15.4. The molecule has 0 saturated carbocycles. The van der Waals surface area contributed by atoms with Crippen LogP contribution in [-0.2, 0) is 4.79 Å². The molecular weight excluding hydrogens is 430 g/mol. The van der Waals surface area contributed by atoms with Gasteiger partial charge in [0.1, 0.15) is 23.5 Å². The molecule has 0 N–H and O–H groups in total. The summed E-state index contributed by atoms with van der Waals surface area (Å²) >= 11 is 10.5. The number of thiol groups is 1. The van der Waals surface area contributed by atoms with Crippen molar-refractivity contribution in [3.63, 3.8) is 0 Å². The average molecular weight is 449 g/mol. The predicted molar refractivity (Wildman–Crippen MR) is 117 cm³/mol. The summed E-state index contributed by atoms with van der Waals surface area (Å²) in [5.74, 6) is -0.122. The van der Waals surface area contributed by atoms with Crippen molar-refractivity contribution in [1.82, 2.24) is 14.9 Å². The van der Waals surface area contributed by atoms with E-state index < -0.39 is 11.6 Å². The summed E-state index contributed by atoms with van der Waals surface area (Å²) in [5.41, 5.74) is 0.142. The van der Waals surface area contributed by atoms with Crippen LogP contribution < -0.4 is 4.90 Å². The average Bonchev–Trinajstić information content (AvgIpc) is 2.75. The second kappa shape index (κ2) is 8.73. The number of aromatic nitrogens is 2. The van der Waals surface area contributed by atoms with Crippen molar-refractivity contribution in [2.75, 3.05) is 36.8 Å². The van der Waals surface area contributed by atoms with Crippen LogP contribution in [-0.4, -0.2) is 52.7 Å². The Morgan fingerprint density at radius 2 is 1.87 bits per heavy atom. The summed E-state index contributed by atoms with van der Waals surface area (Å²) in [6, 6.07) is 7.48. The third-order valence-corrected chi connectivity index (χ3v) is 5.72. The van der Waals surface area contributed by atoms with Crippen LogP contribution in [0.2, 0.25) is 5.02 Å². The highest BCUT2D eigenvalue weighted by atomic mass is 35.5. The highest BCUT2D eigenvalue weighted by molar-refractivity contribution is 7.80. The predicted octanol–water partition coefficient (Wildman–Crippen LogP) is 4.20. The molecule has 1 aromatic heterocycles. The van der Waals surface area contributed by atoms with Gasteiger partial charge in [-0.2, -0.15) is 12.6 Å².